The maximum atomic E-state index is 12.6. The van der Waals surface area contributed by atoms with Gasteiger partial charge in [0.2, 0.25) is 0 Å². The van der Waals surface area contributed by atoms with Gasteiger partial charge in [0.05, 0.1) is 27.4 Å². The summed E-state index contributed by atoms with van der Waals surface area (Å²) < 4.78 is 1.46. The lowest BCUT2D eigenvalue weighted by Crippen LogP contribution is -2.28. The number of hydrogen-bond donors (Lipinski definition) is 1. The van der Waals surface area contributed by atoms with Crippen LogP contribution in [-0.4, -0.2) is 20.4 Å². The summed E-state index contributed by atoms with van der Waals surface area (Å²) in [5, 5.41) is 23.7. The number of halogens is 2. The van der Waals surface area contributed by atoms with Gasteiger partial charge >= 0.3 is 0 Å². The SMILES string of the molecule is N#CC(NC(=O)c1ccc(-n2ccnc2)c([N+](=O)[O-])c1)c1cccc(Cl)c1Cl. The molecule has 1 unspecified atom stereocenters. The van der Waals surface area contributed by atoms with Crippen molar-refractivity contribution >= 4 is 34.8 Å². The Bertz CT molecular complexity index is 1090. The molecule has 0 aliphatic carbocycles. The molecular formula is C18H11Cl2N5O3. The van der Waals surface area contributed by atoms with Crippen molar-refractivity contribution in [1.82, 2.24) is 14.9 Å². The molecule has 1 amide bonds. The molecular weight excluding hydrogens is 405 g/mol. The van der Waals surface area contributed by atoms with Crippen molar-refractivity contribution < 1.29 is 9.72 Å². The largest absolute Gasteiger partial charge is 0.332 e. The zero-order valence-electron chi connectivity index (χ0n) is 14.0. The summed E-state index contributed by atoms with van der Waals surface area (Å²) in [5.74, 6) is -0.664. The first-order valence-electron chi connectivity index (χ1n) is 7.83. The smallest absolute Gasteiger partial charge is 0.294 e. The Morgan fingerprint density at radius 2 is 2.11 bits per heavy atom. The van der Waals surface area contributed by atoms with Gasteiger partial charge in [0.25, 0.3) is 11.6 Å². The monoisotopic (exact) mass is 415 g/mol. The van der Waals surface area contributed by atoms with E-state index in [9.17, 15) is 20.2 Å². The van der Waals surface area contributed by atoms with Crippen LogP contribution in [0, 0.1) is 21.4 Å². The third kappa shape index (κ3) is 3.81. The number of nitro benzene ring substituents is 1. The fourth-order valence-electron chi connectivity index (χ4n) is 2.57. The van der Waals surface area contributed by atoms with E-state index in [1.165, 1.54) is 29.2 Å². The number of nitrogens with zero attached hydrogens (tertiary/aromatic N) is 4. The van der Waals surface area contributed by atoms with Crippen LogP contribution in [0.25, 0.3) is 5.69 Å². The van der Waals surface area contributed by atoms with Crippen molar-refractivity contribution in [3.8, 4) is 11.8 Å². The fraction of sp³-hybridized carbons (Fsp3) is 0.0556. The molecule has 2 aromatic carbocycles. The number of carbonyl (C=O) groups excluding carboxylic acids is 1. The van der Waals surface area contributed by atoms with E-state index in [0.29, 0.717) is 5.56 Å². The quantitative estimate of drug-likeness (QED) is 0.497. The summed E-state index contributed by atoms with van der Waals surface area (Å²) in [5.41, 5.74) is 0.331. The lowest BCUT2D eigenvalue weighted by atomic mass is 10.1. The number of carbonyl (C=O) groups is 1. The van der Waals surface area contributed by atoms with Gasteiger partial charge in [0, 0.05) is 29.6 Å². The molecule has 140 valence electrons. The summed E-state index contributed by atoms with van der Waals surface area (Å²) in [4.78, 5) is 27.3. The molecule has 0 spiro atoms. The molecule has 1 aromatic heterocycles. The van der Waals surface area contributed by atoms with Gasteiger partial charge in [-0.3, -0.25) is 14.9 Å². The molecule has 28 heavy (non-hydrogen) atoms. The molecule has 10 heteroatoms. The highest BCUT2D eigenvalue weighted by molar-refractivity contribution is 6.42. The average Bonchev–Trinajstić information content (AvgIpc) is 3.22. The van der Waals surface area contributed by atoms with E-state index >= 15 is 0 Å². The van der Waals surface area contributed by atoms with Gasteiger partial charge in [-0.1, -0.05) is 35.3 Å². The van der Waals surface area contributed by atoms with Crippen molar-refractivity contribution in [3.05, 3.63) is 86.4 Å². The van der Waals surface area contributed by atoms with Crippen LogP contribution in [-0.2, 0) is 0 Å². The van der Waals surface area contributed by atoms with Crippen molar-refractivity contribution in [2.75, 3.05) is 0 Å². The van der Waals surface area contributed by atoms with E-state index < -0.39 is 16.9 Å². The molecule has 1 atom stereocenters. The van der Waals surface area contributed by atoms with Crippen molar-refractivity contribution in [2.24, 2.45) is 0 Å². The number of imidazole rings is 1. The fourth-order valence-corrected chi connectivity index (χ4v) is 2.99. The van der Waals surface area contributed by atoms with Crippen LogP contribution in [0.3, 0.4) is 0 Å². The van der Waals surface area contributed by atoms with E-state index in [4.69, 9.17) is 23.2 Å². The molecule has 0 fully saturated rings. The van der Waals surface area contributed by atoms with Crippen LogP contribution >= 0.6 is 23.2 Å². The number of benzene rings is 2. The molecule has 0 aliphatic heterocycles. The molecule has 1 heterocycles. The predicted molar refractivity (Wildman–Crippen MR) is 103 cm³/mol. The first kappa shape index (κ1) is 19.4. The number of aromatic nitrogens is 2. The second-order valence-electron chi connectivity index (χ2n) is 5.61. The molecule has 3 aromatic rings. The highest BCUT2D eigenvalue weighted by atomic mass is 35.5. The Morgan fingerprint density at radius 3 is 2.75 bits per heavy atom. The molecule has 0 saturated heterocycles. The summed E-state index contributed by atoms with van der Waals surface area (Å²) in [6.45, 7) is 0. The lowest BCUT2D eigenvalue weighted by molar-refractivity contribution is -0.384. The van der Waals surface area contributed by atoms with Gasteiger partial charge in [-0.25, -0.2) is 4.98 Å². The summed E-state index contributed by atoms with van der Waals surface area (Å²) >= 11 is 12.1. The van der Waals surface area contributed by atoms with Crippen LogP contribution in [0.4, 0.5) is 5.69 Å². The third-order valence-corrected chi connectivity index (χ3v) is 4.75. The topological polar surface area (TPSA) is 114 Å². The first-order chi connectivity index (χ1) is 13.4. The van der Waals surface area contributed by atoms with Gasteiger partial charge in [-0.05, 0) is 18.2 Å². The van der Waals surface area contributed by atoms with Gasteiger partial charge in [-0.2, -0.15) is 5.26 Å². The Labute approximate surface area is 169 Å². The van der Waals surface area contributed by atoms with Crippen LogP contribution in [0.15, 0.2) is 55.1 Å². The van der Waals surface area contributed by atoms with E-state index in [1.807, 2.05) is 6.07 Å². The van der Waals surface area contributed by atoms with E-state index in [1.54, 1.807) is 24.4 Å². The van der Waals surface area contributed by atoms with Gasteiger partial charge in [0.15, 0.2) is 0 Å². The van der Waals surface area contributed by atoms with Crippen LogP contribution in [0.1, 0.15) is 22.0 Å². The molecule has 0 radical (unpaired) electrons. The summed E-state index contributed by atoms with van der Waals surface area (Å²) in [7, 11) is 0. The number of nitriles is 1. The second-order valence-corrected chi connectivity index (χ2v) is 6.39. The minimum absolute atomic E-state index is 0.0222. The number of hydrogen-bond acceptors (Lipinski definition) is 5. The number of amides is 1. The lowest BCUT2D eigenvalue weighted by Gasteiger charge is -2.14. The van der Waals surface area contributed by atoms with Crippen molar-refractivity contribution in [3.63, 3.8) is 0 Å². The van der Waals surface area contributed by atoms with Crippen LogP contribution in [0.5, 0.6) is 0 Å². The molecule has 0 aliphatic rings. The number of rotatable bonds is 5. The minimum atomic E-state index is -1.08. The second kappa shape index (κ2) is 8.08. The van der Waals surface area contributed by atoms with E-state index in [2.05, 4.69) is 10.3 Å². The molecule has 0 bridgehead atoms. The first-order valence-corrected chi connectivity index (χ1v) is 8.59. The zero-order valence-corrected chi connectivity index (χ0v) is 15.6. The van der Waals surface area contributed by atoms with Crippen LogP contribution < -0.4 is 5.32 Å². The Morgan fingerprint density at radius 1 is 1.32 bits per heavy atom. The highest BCUT2D eigenvalue weighted by Gasteiger charge is 2.22. The van der Waals surface area contributed by atoms with Crippen molar-refractivity contribution in [2.45, 2.75) is 6.04 Å². The molecule has 0 saturated carbocycles. The Kier molecular flexibility index (Phi) is 5.59. The maximum Gasteiger partial charge on any atom is 0.294 e. The van der Waals surface area contributed by atoms with Gasteiger partial charge < -0.3 is 9.88 Å². The van der Waals surface area contributed by atoms with E-state index in [0.717, 1.165) is 6.07 Å². The van der Waals surface area contributed by atoms with Gasteiger partial charge in [-0.15, -0.1) is 0 Å². The van der Waals surface area contributed by atoms with Crippen LogP contribution in [0.2, 0.25) is 10.0 Å². The molecule has 8 nitrogen and oxygen atoms in total. The Hall–Kier alpha value is -3.41. The Balaban J connectivity index is 1.92. The van der Waals surface area contributed by atoms with Crippen molar-refractivity contribution in [1.29, 1.82) is 5.26 Å². The molecule has 1 N–H and O–H groups in total. The van der Waals surface area contributed by atoms with E-state index in [-0.39, 0.29) is 27.0 Å². The summed E-state index contributed by atoms with van der Waals surface area (Å²) in [6, 6.07) is 9.57. The number of nitrogens with one attached hydrogen (secondary N) is 1. The standard InChI is InChI=1S/C18H11Cl2N5O3/c19-13-3-1-2-12(17(13)20)14(9-21)23-18(26)11-4-5-15(16(8-11)25(27)28)24-7-6-22-10-24/h1-8,10,14H,(H,23,26). The number of nitro groups is 1. The average molecular weight is 416 g/mol. The predicted octanol–water partition coefficient (Wildman–Crippen LogP) is 4.08. The maximum absolute atomic E-state index is 12.6. The highest BCUT2D eigenvalue weighted by Crippen LogP contribution is 2.30. The third-order valence-electron chi connectivity index (χ3n) is 3.91. The summed E-state index contributed by atoms with van der Waals surface area (Å²) in [6.07, 6.45) is 4.44. The minimum Gasteiger partial charge on any atom is -0.332 e. The zero-order chi connectivity index (χ0) is 20.3. The van der Waals surface area contributed by atoms with Gasteiger partial charge in [0.1, 0.15) is 11.7 Å². The normalized spacial score (nSPS) is 11.5. The molecule has 3 rings (SSSR count).